The summed E-state index contributed by atoms with van der Waals surface area (Å²) in [5.74, 6) is 0. The number of nitrogens with one attached hydrogen (secondary N) is 1. The Balaban J connectivity index is 2.41. The van der Waals surface area contributed by atoms with Crippen molar-refractivity contribution in [2.24, 2.45) is 0 Å². The van der Waals surface area contributed by atoms with Crippen LogP contribution in [0.25, 0.3) is 17.3 Å². The minimum Gasteiger partial charge on any atom is -0.345 e. The molecule has 0 aliphatic rings. The SMILES string of the molecule is N#CC(C#N)=Cc1cccc(-c2cnc[nH]2)c1. The summed E-state index contributed by atoms with van der Waals surface area (Å²) < 4.78 is 0. The molecule has 0 radical (unpaired) electrons. The third kappa shape index (κ3) is 2.39. The molecular weight excluding hydrogens is 212 g/mol. The number of H-pyrrole nitrogens is 1. The Hall–Kier alpha value is -2.85. The second-order valence-electron chi connectivity index (χ2n) is 3.37. The average molecular weight is 220 g/mol. The zero-order chi connectivity index (χ0) is 12.1. The molecule has 0 fully saturated rings. The molecule has 1 aromatic heterocycles. The number of benzene rings is 1. The second-order valence-corrected chi connectivity index (χ2v) is 3.37. The summed E-state index contributed by atoms with van der Waals surface area (Å²) in [5.41, 5.74) is 2.77. The van der Waals surface area contributed by atoms with Crippen LogP contribution in [0.15, 0.2) is 42.4 Å². The monoisotopic (exact) mass is 220 g/mol. The highest BCUT2D eigenvalue weighted by atomic mass is 14.9. The number of hydrogen-bond donors (Lipinski definition) is 1. The number of allylic oxidation sites excluding steroid dienone is 1. The van der Waals surface area contributed by atoms with Crippen molar-refractivity contribution in [3.8, 4) is 23.4 Å². The van der Waals surface area contributed by atoms with Gasteiger partial charge in [0, 0.05) is 5.56 Å². The van der Waals surface area contributed by atoms with E-state index >= 15 is 0 Å². The first-order valence-corrected chi connectivity index (χ1v) is 4.94. The van der Waals surface area contributed by atoms with Gasteiger partial charge < -0.3 is 4.98 Å². The minimum atomic E-state index is 0.0896. The Labute approximate surface area is 98.5 Å². The van der Waals surface area contributed by atoms with Gasteiger partial charge in [0.15, 0.2) is 0 Å². The van der Waals surface area contributed by atoms with Gasteiger partial charge in [-0.3, -0.25) is 0 Å². The lowest BCUT2D eigenvalue weighted by Gasteiger charge is -1.99. The molecule has 4 heteroatoms. The number of nitriles is 2. The van der Waals surface area contributed by atoms with Gasteiger partial charge in [-0.1, -0.05) is 18.2 Å². The maximum Gasteiger partial charge on any atom is 0.130 e. The fourth-order valence-electron chi connectivity index (χ4n) is 1.47. The van der Waals surface area contributed by atoms with E-state index in [9.17, 15) is 0 Å². The number of aromatic amines is 1. The maximum atomic E-state index is 8.68. The Kier molecular flexibility index (Phi) is 3.00. The minimum absolute atomic E-state index is 0.0896. The van der Waals surface area contributed by atoms with Crippen LogP contribution in [0.5, 0.6) is 0 Å². The summed E-state index contributed by atoms with van der Waals surface area (Å²) in [5, 5.41) is 17.4. The lowest BCUT2D eigenvalue weighted by Crippen LogP contribution is -1.80. The van der Waals surface area contributed by atoms with Gasteiger partial charge in [-0.2, -0.15) is 10.5 Å². The number of imidazole rings is 1. The van der Waals surface area contributed by atoms with Crippen LogP contribution in [0.4, 0.5) is 0 Å². The van der Waals surface area contributed by atoms with E-state index < -0.39 is 0 Å². The highest BCUT2D eigenvalue weighted by Gasteiger charge is 2.00. The van der Waals surface area contributed by atoms with E-state index in [2.05, 4.69) is 9.97 Å². The first kappa shape index (κ1) is 10.7. The fourth-order valence-corrected chi connectivity index (χ4v) is 1.47. The fraction of sp³-hybridized carbons (Fsp3) is 0. The lowest BCUT2D eigenvalue weighted by atomic mass is 10.1. The zero-order valence-electron chi connectivity index (χ0n) is 8.88. The van der Waals surface area contributed by atoms with Gasteiger partial charge in [0.1, 0.15) is 17.7 Å². The van der Waals surface area contributed by atoms with Crippen molar-refractivity contribution in [2.45, 2.75) is 0 Å². The molecule has 2 aromatic rings. The summed E-state index contributed by atoms with van der Waals surface area (Å²) >= 11 is 0. The molecule has 0 bridgehead atoms. The van der Waals surface area contributed by atoms with Crippen molar-refractivity contribution in [3.63, 3.8) is 0 Å². The van der Waals surface area contributed by atoms with E-state index in [0.29, 0.717) is 0 Å². The number of aromatic nitrogens is 2. The quantitative estimate of drug-likeness (QED) is 0.790. The third-order valence-electron chi connectivity index (χ3n) is 2.25. The molecule has 0 aliphatic carbocycles. The molecule has 17 heavy (non-hydrogen) atoms. The van der Waals surface area contributed by atoms with Gasteiger partial charge in [-0.05, 0) is 17.7 Å². The van der Waals surface area contributed by atoms with Crippen LogP contribution < -0.4 is 0 Å². The number of rotatable bonds is 2. The summed E-state index contributed by atoms with van der Waals surface area (Å²) in [6.45, 7) is 0. The Morgan fingerprint density at radius 3 is 2.76 bits per heavy atom. The summed E-state index contributed by atoms with van der Waals surface area (Å²) in [6, 6.07) is 11.2. The van der Waals surface area contributed by atoms with Crippen molar-refractivity contribution in [3.05, 3.63) is 47.9 Å². The first-order chi connectivity index (χ1) is 8.33. The predicted molar refractivity (Wildman–Crippen MR) is 63.2 cm³/mol. The van der Waals surface area contributed by atoms with E-state index in [1.165, 1.54) is 0 Å². The van der Waals surface area contributed by atoms with Crippen molar-refractivity contribution < 1.29 is 0 Å². The molecule has 1 aromatic carbocycles. The van der Waals surface area contributed by atoms with E-state index in [1.807, 2.05) is 36.4 Å². The molecule has 0 saturated heterocycles. The van der Waals surface area contributed by atoms with E-state index in [0.717, 1.165) is 16.8 Å². The number of hydrogen-bond acceptors (Lipinski definition) is 3. The largest absolute Gasteiger partial charge is 0.345 e. The molecule has 2 rings (SSSR count). The smallest absolute Gasteiger partial charge is 0.130 e. The van der Waals surface area contributed by atoms with Crippen molar-refractivity contribution in [2.75, 3.05) is 0 Å². The van der Waals surface area contributed by atoms with Crippen LogP contribution in [0, 0.1) is 22.7 Å². The molecule has 0 unspecified atom stereocenters. The Bertz CT molecular complexity index is 608. The molecule has 0 amide bonds. The van der Waals surface area contributed by atoms with E-state index in [1.54, 1.807) is 18.6 Å². The zero-order valence-corrected chi connectivity index (χ0v) is 8.88. The van der Waals surface area contributed by atoms with Gasteiger partial charge in [0.2, 0.25) is 0 Å². The average Bonchev–Trinajstić information content (AvgIpc) is 2.90. The van der Waals surface area contributed by atoms with Crippen LogP contribution >= 0.6 is 0 Å². The van der Waals surface area contributed by atoms with E-state index in [-0.39, 0.29) is 5.57 Å². The van der Waals surface area contributed by atoms with Crippen molar-refractivity contribution in [1.29, 1.82) is 10.5 Å². The van der Waals surface area contributed by atoms with Gasteiger partial charge in [-0.25, -0.2) is 4.98 Å². The van der Waals surface area contributed by atoms with Crippen LogP contribution in [-0.2, 0) is 0 Å². The third-order valence-corrected chi connectivity index (χ3v) is 2.25. The highest BCUT2D eigenvalue weighted by Crippen LogP contribution is 2.18. The van der Waals surface area contributed by atoms with Gasteiger partial charge >= 0.3 is 0 Å². The molecule has 1 heterocycles. The molecule has 1 N–H and O–H groups in total. The summed E-state index contributed by atoms with van der Waals surface area (Å²) in [6.07, 6.45) is 4.88. The Morgan fingerprint density at radius 1 is 1.29 bits per heavy atom. The van der Waals surface area contributed by atoms with Crippen LogP contribution in [-0.4, -0.2) is 9.97 Å². The summed E-state index contributed by atoms with van der Waals surface area (Å²) in [4.78, 5) is 6.95. The molecule has 4 nitrogen and oxygen atoms in total. The number of nitrogens with zero attached hydrogens (tertiary/aromatic N) is 3. The predicted octanol–water partition coefficient (Wildman–Crippen LogP) is 2.51. The lowest BCUT2D eigenvalue weighted by molar-refractivity contribution is 1.31. The summed E-state index contributed by atoms with van der Waals surface area (Å²) in [7, 11) is 0. The molecular formula is C13H8N4. The maximum absolute atomic E-state index is 8.68. The first-order valence-electron chi connectivity index (χ1n) is 4.94. The molecule has 0 aliphatic heterocycles. The normalized spacial score (nSPS) is 9.06. The molecule has 80 valence electrons. The second kappa shape index (κ2) is 4.78. The topological polar surface area (TPSA) is 76.3 Å². The van der Waals surface area contributed by atoms with Gasteiger partial charge in [-0.15, -0.1) is 0 Å². The molecule has 0 saturated carbocycles. The van der Waals surface area contributed by atoms with Crippen molar-refractivity contribution >= 4 is 6.08 Å². The van der Waals surface area contributed by atoms with Gasteiger partial charge in [0.25, 0.3) is 0 Å². The van der Waals surface area contributed by atoms with Crippen molar-refractivity contribution in [1.82, 2.24) is 9.97 Å². The Morgan fingerprint density at radius 2 is 2.12 bits per heavy atom. The van der Waals surface area contributed by atoms with Crippen LogP contribution in [0.1, 0.15) is 5.56 Å². The standard InChI is InChI=1S/C13H8N4/c14-6-11(7-15)4-10-2-1-3-12(5-10)13-8-16-9-17-13/h1-5,8-9H,(H,16,17). The molecule has 0 spiro atoms. The molecule has 0 atom stereocenters. The highest BCUT2D eigenvalue weighted by molar-refractivity contribution is 5.67. The van der Waals surface area contributed by atoms with E-state index in [4.69, 9.17) is 10.5 Å². The van der Waals surface area contributed by atoms with Crippen LogP contribution in [0.2, 0.25) is 0 Å². The van der Waals surface area contributed by atoms with Gasteiger partial charge in [0.05, 0.1) is 18.2 Å². The van der Waals surface area contributed by atoms with Crippen LogP contribution in [0.3, 0.4) is 0 Å².